The molecule has 8 nitrogen and oxygen atoms in total. The van der Waals surface area contributed by atoms with Crippen LogP contribution >= 0.6 is 0 Å². The van der Waals surface area contributed by atoms with Crippen molar-refractivity contribution in [3.8, 4) is 17.7 Å². The maximum Gasteiger partial charge on any atom is 0.322 e. The summed E-state index contributed by atoms with van der Waals surface area (Å²) in [6, 6.07) is 3.98. The minimum Gasteiger partial charge on any atom is -0.474 e. The molecule has 0 spiro atoms. The summed E-state index contributed by atoms with van der Waals surface area (Å²) in [4.78, 5) is 27.5. The van der Waals surface area contributed by atoms with Crippen molar-refractivity contribution in [1.29, 1.82) is 0 Å². The van der Waals surface area contributed by atoms with E-state index in [1.165, 1.54) is 6.07 Å². The topological polar surface area (TPSA) is 85.2 Å². The number of carbonyl (C=O) groups excluding carboxylic acids is 1. The number of carbonyl (C=O) groups is 1. The molecule has 0 aromatic carbocycles. The van der Waals surface area contributed by atoms with Crippen LogP contribution in [0.25, 0.3) is 0 Å². The molecule has 9 heteroatoms. The van der Waals surface area contributed by atoms with Crippen molar-refractivity contribution in [2.45, 2.75) is 38.8 Å². The number of nitrogens with zero attached hydrogens (tertiary/aromatic N) is 5. The predicted octanol–water partition coefficient (Wildman–Crippen LogP) is 3.22. The van der Waals surface area contributed by atoms with Crippen LogP contribution in [0.5, 0.6) is 5.88 Å². The van der Waals surface area contributed by atoms with Gasteiger partial charge in [0.2, 0.25) is 5.88 Å². The number of fused-ring (bicyclic) bond motifs is 2. The van der Waals surface area contributed by atoms with Crippen LogP contribution in [-0.4, -0.2) is 38.7 Å². The minimum absolute atomic E-state index is 0.310. The summed E-state index contributed by atoms with van der Waals surface area (Å²) in [6.45, 7) is 3.44. The molecule has 0 unspecified atom stereocenters. The highest BCUT2D eigenvalue weighted by Crippen LogP contribution is 2.30. The number of halogens is 1. The fraction of sp³-hybridized carbons (Fsp3) is 0.333. The van der Waals surface area contributed by atoms with E-state index in [-0.39, 0.29) is 6.03 Å². The first-order valence-corrected chi connectivity index (χ1v) is 11.0. The second kappa shape index (κ2) is 8.90. The first-order valence-electron chi connectivity index (χ1n) is 11.0. The summed E-state index contributed by atoms with van der Waals surface area (Å²) in [5, 5.41) is 2.91. The van der Waals surface area contributed by atoms with E-state index in [4.69, 9.17) is 4.74 Å². The number of hydrogen-bond donors (Lipinski definition) is 1. The Morgan fingerprint density at radius 2 is 2.06 bits per heavy atom. The van der Waals surface area contributed by atoms with E-state index in [2.05, 4.69) is 36.7 Å². The van der Waals surface area contributed by atoms with Gasteiger partial charge in [0, 0.05) is 24.7 Å². The summed E-state index contributed by atoms with van der Waals surface area (Å²) < 4.78 is 20.9. The zero-order chi connectivity index (χ0) is 22.8. The maximum atomic E-state index is 13.1. The lowest BCUT2D eigenvalue weighted by Gasteiger charge is -2.29. The molecule has 3 aromatic rings. The Kier molecular flexibility index (Phi) is 5.65. The molecule has 5 rings (SSSR count). The Morgan fingerprint density at radius 3 is 2.91 bits per heavy atom. The standard InChI is InChI=1S/C24H23FN6O2/c1-16(20-8-6-18(25)14-26-20)29-24(32)31-10-11-33-23-21(31)12-17(13-28-23)5-7-19-15-27-22-4-2-3-9-30(19)22/h6,8,12-16H,2-4,9-11H2,1H3,(H,29,32)/t16-/m0/s1. The van der Waals surface area contributed by atoms with Crippen LogP contribution in [0.4, 0.5) is 14.9 Å². The molecular weight excluding hydrogens is 423 g/mol. The molecule has 2 aliphatic heterocycles. The quantitative estimate of drug-likeness (QED) is 0.611. The molecular formula is C24H23FN6O2. The number of imidazole rings is 1. The number of amides is 2. The average molecular weight is 446 g/mol. The van der Waals surface area contributed by atoms with Gasteiger partial charge in [0.25, 0.3) is 0 Å². The van der Waals surface area contributed by atoms with Gasteiger partial charge in [-0.2, -0.15) is 0 Å². The smallest absolute Gasteiger partial charge is 0.322 e. The number of urea groups is 1. The number of nitrogens with one attached hydrogen (secondary N) is 1. The molecule has 2 amide bonds. The van der Waals surface area contributed by atoms with Crippen molar-refractivity contribution < 1.29 is 13.9 Å². The molecule has 168 valence electrons. The summed E-state index contributed by atoms with van der Waals surface area (Å²) in [7, 11) is 0. The Balaban J connectivity index is 1.36. The number of aryl methyl sites for hydroxylation is 1. The van der Waals surface area contributed by atoms with E-state index in [9.17, 15) is 9.18 Å². The van der Waals surface area contributed by atoms with E-state index >= 15 is 0 Å². The fourth-order valence-electron chi connectivity index (χ4n) is 4.01. The zero-order valence-electron chi connectivity index (χ0n) is 18.2. The predicted molar refractivity (Wildman–Crippen MR) is 119 cm³/mol. The van der Waals surface area contributed by atoms with Crippen LogP contribution in [0.3, 0.4) is 0 Å². The van der Waals surface area contributed by atoms with E-state index < -0.39 is 11.9 Å². The molecule has 0 fully saturated rings. The monoisotopic (exact) mass is 446 g/mol. The number of rotatable bonds is 2. The number of ether oxygens (including phenoxy) is 1. The summed E-state index contributed by atoms with van der Waals surface area (Å²) in [5.74, 6) is 7.38. The Bertz CT molecular complexity index is 1240. The third kappa shape index (κ3) is 4.37. The first-order chi connectivity index (χ1) is 16.1. The van der Waals surface area contributed by atoms with Crippen molar-refractivity contribution in [3.05, 3.63) is 65.4 Å². The molecule has 0 radical (unpaired) electrons. The highest BCUT2D eigenvalue weighted by Gasteiger charge is 2.26. The lowest BCUT2D eigenvalue weighted by atomic mass is 10.1. The summed E-state index contributed by atoms with van der Waals surface area (Å²) in [6.07, 6.45) is 7.86. The van der Waals surface area contributed by atoms with Gasteiger partial charge in [-0.25, -0.2) is 19.2 Å². The molecule has 5 heterocycles. The number of aromatic nitrogens is 4. The molecule has 1 atom stereocenters. The van der Waals surface area contributed by atoms with Gasteiger partial charge in [0.05, 0.1) is 30.7 Å². The Hall–Kier alpha value is -3.93. The summed E-state index contributed by atoms with van der Waals surface area (Å²) >= 11 is 0. The molecule has 0 aliphatic carbocycles. The van der Waals surface area contributed by atoms with E-state index in [0.717, 1.165) is 43.5 Å². The largest absolute Gasteiger partial charge is 0.474 e. The maximum absolute atomic E-state index is 13.1. The molecule has 3 aromatic heterocycles. The molecule has 2 aliphatic rings. The summed E-state index contributed by atoms with van der Waals surface area (Å²) in [5.41, 5.74) is 2.69. The van der Waals surface area contributed by atoms with Gasteiger partial charge in [0.15, 0.2) is 0 Å². The molecule has 33 heavy (non-hydrogen) atoms. The second-order valence-electron chi connectivity index (χ2n) is 8.04. The highest BCUT2D eigenvalue weighted by molar-refractivity contribution is 5.94. The van der Waals surface area contributed by atoms with Gasteiger partial charge in [-0.3, -0.25) is 9.88 Å². The van der Waals surface area contributed by atoms with Crippen LogP contribution < -0.4 is 15.0 Å². The molecule has 1 N–H and O–H groups in total. The van der Waals surface area contributed by atoms with Crippen molar-refractivity contribution in [1.82, 2.24) is 24.8 Å². The average Bonchev–Trinajstić information content (AvgIpc) is 3.25. The third-order valence-corrected chi connectivity index (χ3v) is 5.76. The van der Waals surface area contributed by atoms with Crippen molar-refractivity contribution in [2.75, 3.05) is 18.1 Å². The lowest BCUT2D eigenvalue weighted by Crippen LogP contribution is -2.45. The molecule has 0 bridgehead atoms. The van der Waals surface area contributed by atoms with Crippen molar-refractivity contribution in [3.63, 3.8) is 0 Å². The van der Waals surface area contributed by atoms with Crippen LogP contribution in [0, 0.1) is 17.7 Å². The van der Waals surface area contributed by atoms with E-state index in [1.807, 2.05) is 12.3 Å². The SMILES string of the molecule is C[C@H](NC(=O)N1CCOc2ncc(C#Cc3cnc4n3CCCC4)cc21)c1ccc(F)cn1. The van der Waals surface area contributed by atoms with Gasteiger partial charge < -0.3 is 14.6 Å². The van der Waals surface area contributed by atoms with Crippen molar-refractivity contribution in [2.24, 2.45) is 0 Å². The zero-order valence-corrected chi connectivity index (χ0v) is 18.2. The van der Waals surface area contributed by atoms with Gasteiger partial charge in [-0.05, 0) is 43.9 Å². The van der Waals surface area contributed by atoms with Gasteiger partial charge in [-0.15, -0.1) is 0 Å². The lowest BCUT2D eigenvalue weighted by molar-refractivity contribution is 0.235. The highest BCUT2D eigenvalue weighted by atomic mass is 19.1. The van der Waals surface area contributed by atoms with E-state index in [0.29, 0.717) is 36.0 Å². The number of pyridine rings is 2. The van der Waals surface area contributed by atoms with Crippen LogP contribution in [0.15, 0.2) is 36.8 Å². The third-order valence-electron chi connectivity index (χ3n) is 5.76. The van der Waals surface area contributed by atoms with Crippen molar-refractivity contribution >= 4 is 11.7 Å². The second-order valence-corrected chi connectivity index (χ2v) is 8.04. The van der Waals surface area contributed by atoms with Crippen LogP contribution in [0.1, 0.15) is 48.6 Å². The van der Waals surface area contributed by atoms with Gasteiger partial charge >= 0.3 is 6.03 Å². The van der Waals surface area contributed by atoms with E-state index in [1.54, 1.807) is 24.1 Å². The fourth-order valence-corrected chi connectivity index (χ4v) is 4.01. The molecule has 0 saturated carbocycles. The van der Waals surface area contributed by atoms with Crippen LogP contribution in [-0.2, 0) is 13.0 Å². The van der Waals surface area contributed by atoms with Crippen LogP contribution in [0.2, 0.25) is 0 Å². The Labute approximate surface area is 190 Å². The first kappa shape index (κ1) is 20.9. The van der Waals surface area contributed by atoms with Gasteiger partial charge in [0.1, 0.15) is 29.6 Å². The normalized spacial score (nSPS) is 15.4. The molecule has 0 saturated heterocycles. The minimum atomic E-state index is -0.421. The number of hydrogen-bond acceptors (Lipinski definition) is 5. The van der Waals surface area contributed by atoms with Gasteiger partial charge in [-0.1, -0.05) is 5.92 Å². The number of anilines is 1. The Morgan fingerprint density at radius 1 is 1.15 bits per heavy atom.